The van der Waals surface area contributed by atoms with Crippen LogP contribution in [-0.2, 0) is 9.53 Å². The number of nitrogens with one attached hydrogen (secondary N) is 1. The molecule has 0 aromatic rings. The van der Waals surface area contributed by atoms with Crippen molar-refractivity contribution in [1.82, 2.24) is 5.32 Å². The van der Waals surface area contributed by atoms with Gasteiger partial charge in [0.1, 0.15) is 0 Å². The summed E-state index contributed by atoms with van der Waals surface area (Å²) in [4.78, 5) is 10.9. The summed E-state index contributed by atoms with van der Waals surface area (Å²) in [5, 5.41) is 12.5. The third-order valence-electron chi connectivity index (χ3n) is 3.68. The molecule has 0 aromatic heterocycles. The van der Waals surface area contributed by atoms with Crippen molar-refractivity contribution in [2.45, 2.75) is 51.6 Å². The van der Waals surface area contributed by atoms with Crippen LogP contribution < -0.4 is 5.32 Å². The van der Waals surface area contributed by atoms with Crippen molar-refractivity contribution < 1.29 is 14.6 Å². The van der Waals surface area contributed by atoms with E-state index in [4.69, 9.17) is 9.84 Å². The quantitative estimate of drug-likeness (QED) is 0.748. The average molecular weight is 243 g/mol. The molecular weight excluding hydrogens is 218 g/mol. The van der Waals surface area contributed by atoms with Gasteiger partial charge in [-0.1, -0.05) is 13.8 Å². The van der Waals surface area contributed by atoms with Gasteiger partial charge in [-0.05, 0) is 31.6 Å². The zero-order valence-electron chi connectivity index (χ0n) is 11.1. The summed E-state index contributed by atoms with van der Waals surface area (Å²) < 4.78 is 5.21. The van der Waals surface area contributed by atoms with E-state index in [-0.39, 0.29) is 5.92 Å². The molecule has 1 aliphatic rings. The Bertz CT molecular complexity index is 235. The van der Waals surface area contributed by atoms with Gasteiger partial charge in [0.05, 0.1) is 12.5 Å². The van der Waals surface area contributed by atoms with E-state index < -0.39 is 5.97 Å². The molecule has 4 nitrogen and oxygen atoms in total. The van der Waals surface area contributed by atoms with Crippen LogP contribution in [0.1, 0.15) is 39.5 Å². The number of carboxylic acid groups (broad SMARTS) is 1. The predicted molar refractivity (Wildman–Crippen MR) is 67.0 cm³/mol. The molecule has 0 radical (unpaired) electrons. The molecule has 0 aliphatic heterocycles. The topological polar surface area (TPSA) is 58.6 Å². The van der Waals surface area contributed by atoms with Crippen LogP contribution in [0.25, 0.3) is 0 Å². The molecular formula is C13H25NO3. The Kier molecular flexibility index (Phi) is 5.92. The molecule has 4 heteroatoms. The third kappa shape index (κ3) is 4.64. The van der Waals surface area contributed by atoms with Gasteiger partial charge in [0.2, 0.25) is 0 Å². The first-order valence-electron chi connectivity index (χ1n) is 6.52. The van der Waals surface area contributed by atoms with Gasteiger partial charge in [0.15, 0.2) is 0 Å². The Morgan fingerprint density at radius 1 is 1.35 bits per heavy atom. The Morgan fingerprint density at radius 3 is 2.35 bits per heavy atom. The van der Waals surface area contributed by atoms with Crippen molar-refractivity contribution in [1.29, 1.82) is 0 Å². The molecule has 0 saturated heterocycles. The number of rotatable bonds is 6. The molecule has 1 atom stereocenters. The summed E-state index contributed by atoms with van der Waals surface area (Å²) >= 11 is 0. The van der Waals surface area contributed by atoms with Gasteiger partial charge in [0.25, 0.3) is 0 Å². The summed E-state index contributed by atoms with van der Waals surface area (Å²) in [6, 6.07) is 0.819. The highest BCUT2D eigenvalue weighted by Crippen LogP contribution is 2.25. The fourth-order valence-corrected chi connectivity index (χ4v) is 2.42. The highest BCUT2D eigenvalue weighted by Gasteiger charge is 2.27. The first kappa shape index (κ1) is 14.5. The summed E-state index contributed by atoms with van der Waals surface area (Å²) in [5.41, 5.74) is 0. The Morgan fingerprint density at radius 2 is 1.94 bits per heavy atom. The predicted octanol–water partition coefficient (Wildman–Crippen LogP) is 1.89. The second-order valence-electron chi connectivity index (χ2n) is 5.36. The molecule has 1 saturated carbocycles. The summed E-state index contributed by atoms with van der Waals surface area (Å²) in [6.45, 7) is 5.08. The molecule has 0 aromatic carbocycles. The molecule has 0 spiro atoms. The second-order valence-corrected chi connectivity index (χ2v) is 5.36. The smallest absolute Gasteiger partial charge is 0.306 e. The van der Waals surface area contributed by atoms with Gasteiger partial charge < -0.3 is 15.2 Å². The molecule has 1 aliphatic carbocycles. The SMILES string of the molecule is COCC(NC1CCC(C(=O)O)CC1)C(C)C. The van der Waals surface area contributed by atoms with Gasteiger partial charge >= 0.3 is 5.97 Å². The minimum Gasteiger partial charge on any atom is -0.481 e. The minimum absolute atomic E-state index is 0.132. The largest absolute Gasteiger partial charge is 0.481 e. The number of hydrogen-bond acceptors (Lipinski definition) is 3. The zero-order valence-corrected chi connectivity index (χ0v) is 11.1. The lowest BCUT2D eigenvalue weighted by atomic mass is 9.85. The highest BCUT2D eigenvalue weighted by atomic mass is 16.5. The van der Waals surface area contributed by atoms with E-state index in [1.165, 1.54) is 0 Å². The molecule has 0 heterocycles. The molecule has 100 valence electrons. The average Bonchev–Trinajstić information content (AvgIpc) is 2.29. The van der Waals surface area contributed by atoms with Gasteiger partial charge in [0, 0.05) is 19.2 Å². The molecule has 0 amide bonds. The second kappa shape index (κ2) is 6.97. The molecule has 1 fully saturated rings. The van der Waals surface area contributed by atoms with E-state index >= 15 is 0 Å². The third-order valence-corrected chi connectivity index (χ3v) is 3.68. The van der Waals surface area contributed by atoms with E-state index in [2.05, 4.69) is 19.2 Å². The number of hydrogen-bond donors (Lipinski definition) is 2. The van der Waals surface area contributed by atoms with Crippen molar-refractivity contribution in [3.63, 3.8) is 0 Å². The van der Waals surface area contributed by atoms with Crippen molar-refractivity contribution in [2.75, 3.05) is 13.7 Å². The fraction of sp³-hybridized carbons (Fsp3) is 0.923. The van der Waals surface area contributed by atoms with Crippen LogP contribution >= 0.6 is 0 Å². The lowest BCUT2D eigenvalue weighted by molar-refractivity contribution is -0.142. The van der Waals surface area contributed by atoms with E-state index in [1.54, 1.807) is 7.11 Å². The number of ether oxygens (including phenoxy) is 1. The van der Waals surface area contributed by atoms with E-state index in [9.17, 15) is 4.79 Å². The van der Waals surface area contributed by atoms with Crippen LogP contribution in [0.15, 0.2) is 0 Å². The summed E-state index contributed by atoms with van der Waals surface area (Å²) in [5.74, 6) is -0.235. The normalized spacial score (nSPS) is 27.1. The van der Waals surface area contributed by atoms with Gasteiger partial charge in [-0.15, -0.1) is 0 Å². The van der Waals surface area contributed by atoms with Crippen molar-refractivity contribution in [3.8, 4) is 0 Å². The van der Waals surface area contributed by atoms with E-state index in [0.717, 1.165) is 32.3 Å². The fourth-order valence-electron chi connectivity index (χ4n) is 2.42. The zero-order chi connectivity index (χ0) is 12.8. The lowest BCUT2D eigenvalue weighted by Crippen LogP contribution is -2.46. The Balaban J connectivity index is 2.35. The van der Waals surface area contributed by atoms with Crippen molar-refractivity contribution in [2.24, 2.45) is 11.8 Å². The van der Waals surface area contributed by atoms with Crippen LogP contribution in [0.5, 0.6) is 0 Å². The summed E-state index contributed by atoms with van der Waals surface area (Å²) in [7, 11) is 1.72. The van der Waals surface area contributed by atoms with Gasteiger partial charge in [-0.2, -0.15) is 0 Å². The van der Waals surface area contributed by atoms with Crippen LogP contribution in [0.4, 0.5) is 0 Å². The maximum absolute atomic E-state index is 10.9. The van der Waals surface area contributed by atoms with Crippen LogP contribution in [0, 0.1) is 11.8 Å². The molecule has 2 N–H and O–H groups in total. The first-order chi connectivity index (χ1) is 8.04. The number of methoxy groups -OCH3 is 1. The number of carboxylic acids is 1. The molecule has 1 rings (SSSR count). The number of aliphatic carboxylic acids is 1. The highest BCUT2D eigenvalue weighted by molar-refractivity contribution is 5.70. The Labute approximate surface area is 104 Å². The van der Waals surface area contributed by atoms with Crippen molar-refractivity contribution >= 4 is 5.97 Å². The van der Waals surface area contributed by atoms with Gasteiger partial charge in [-0.25, -0.2) is 0 Å². The molecule has 1 unspecified atom stereocenters. The monoisotopic (exact) mass is 243 g/mol. The van der Waals surface area contributed by atoms with Crippen LogP contribution in [0.3, 0.4) is 0 Å². The van der Waals surface area contributed by atoms with Gasteiger partial charge in [-0.3, -0.25) is 4.79 Å². The number of carbonyl (C=O) groups is 1. The van der Waals surface area contributed by atoms with E-state index in [1.807, 2.05) is 0 Å². The lowest BCUT2D eigenvalue weighted by Gasteiger charge is -2.32. The molecule has 17 heavy (non-hydrogen) atoms. The first-order valence-corrected chi connectivity index (χ1v) is 6.52. The molecule has 0 bridgehead atoms. The van der Waals surface area contributed by atoms with Crippen LogP contribution in [-0.4, -0.2) is 36.9 Å². The minimum atomic E-state index is -0.638. The van der Waals surface area contributed by atoms with E-state index in [0.29, 0.717) is 18.0 Å². The maximum atomic E-state index is 10.9. The summed E-state index contributed by atoms with van der Waals surface area (Å²) in [6.07, 6.45) is 3.52. The standard InChI is InChI=1S/C13H25NO3/c1-9(2)12(8-17-3)14-11-6-4-10(5-7-11)13(15)16/h9-12,14H,4-8H2,1-3H3,(H,15,16). The van der Waals surface area contributed by atoms with Crippen LogP contribution in [0.2, 0.25) is 0 Å². The van der Waals surface area contributed by atoms with Crippen molar-refractivity contribution in [3.05, 3.63) is 0 Å². The Hall–Kier alpha value is -0.610. The maximum Gasteiger partial charge on any atom is 0.306 e.